The second kappa shape index (κ2) is 4.61. The number of aliphatic carboxylic acids is 1. The molecule has 0 spiro atoms. The Morgan fingerprint density at radius 1 is 1.54 bits per heavy atom. The zero-order valence-electron chi connectivity index (χ0n) is 8.42. The molecular formula is C10H19NO2. The Balaban J connectivity index is 2.25. The summed E-state index contributed by atoms with van der Waals surface area (Å²) in [6.07, 6.45) is 3.83. The van der Waals surface area contributed by atoms with Crippen molar-refractivity contribution in [2.45, 2.75) is 39.2 Å². The van der Waals surface area contributed by atoms with Crippen LogP contribution in [0.1, 0.15) is 33.1 Å². The van der Waals surface area contributed by atoms with Gasteiger partial charge >= 0.3 is 5.97 Å². The van der Waals surface area contributed by atoms with Crippen molar-refractivity contribution in [1.82, 2.24) is 5.32 Å². The number of carboxylic acids is 1. The van der Waals surface area contributed by atoms with Crippen LogP contribution < -0.4 is 5.32 Å². The average Bonchev–Trinajstić information content (AvgIpc) is 1.92. The van der Waals surface area contributed by atoms with Crippen LogP contribution in [0.4, 0.5) is 0 Å². The van der Waals surface area contributed by atoms with Crippen LogP contribution in [0.15, 0.2) is 0 Å². The van der Waals surface area contributed by atoms with Gasteiger partial charge in [-0.05, 0) is 31.2 Å². The Hall–Kier alpha value is -0.570. The van der Waals surface area contributed by atoms with Crippen molar-refractivity contribution in [3.63, 3.8) is 0 Å². The summed E-state index contributed by atoms with van der Waals surface area (Å²) in [6, 6.07) is -0.374. The Bertz CT molecular complexity index is 176. The topological polar surface area (TPSA) is 49.3 Å². The molecule has 1 fully saturated rings. The number of nitrogens with one attached hydrogen (secondary N) is 1. The molecule has 1 atom stereocenters. The average molecular weight is 185 g/mol. The van der Waals surface area contributed by atoms with Gasteiger partial charge in [0.25, 0.3) is 0 Å². The maximum atomic E-state index is 10.8. The normalized spacial score (nSPS) is 19.9. The third kappa shape index (κ3) is 2.99. The molecule has 0 amide bonds. The lowest BCUT2D eigenvalue weighted by atomic mass is 9.85. The zero-order chi connectivity index (χ0) is 9.84. The van der Waals surface area contributed by atoms with Gasteiger partial charge in [0.05, 0.1) is 0 Å². The molecule has 3 heteroatoms. The molecule has 0 radical (unpaired) electrons. The van der Waals surface area contributed by atoms with Gasteiger partial charge < -0.3 is 10.4 Å². The molecule has 0 bridgehead atoms. The predicted molar refractivity (Wildman–Crippen MR) is 51.6 cm³/mol. The van der Waals surface area contributed by atoms with Crippen molar-refractivity contribution in [3.05, 3.63) is 0 Å². The van der Waals surface area contributed by atoms with Crippen molar-refractivity contribution in [2.75, 3.05) is 6.54 Å². The van der Waals surface area contributed by atoms with Crippen LogP contribution in [0.3, 0.4) is 0 Å². The molecule has 3 nitrogen and oxygen atoms in total. The van der Waals surface area contributed by atoms with Gasteiger partial charge in [-0.2, -0.15) is 0 Å². The van der Waals surface area contributed by atoms with Crippen molar-refractivity contribution in [3.8, 4) is 0 Å². The Morgan fingerprint density at radius 3 is 2.46 bits per heavy atom. The molecule has 0 heterocycles. The van der Waals surface area contributed by atoms with E-state index < -0.39 is 5.97 Å². The minimum atomic E-state index is -0.727. The van der Waals surface area contributed by atoms with E-state index in [1.807, 2.05) is 13.8 Å². The molecule has 0 aliphatic heterocycles. The zero-order valence-corrected chi connectivity index (χ0v) is 8.42. The van der Waals surface area contributed by atoms with Crippen LogP contribution in [0.5, 0.6) is 0 Å². The third-order valence-electron chi connectivity index (χ3n) is 2.78. The fourth-order valence-corrected chi connectivity index (χ4v) is 1.60. The first-order valence-corrected chi connectivity index (χ1v) is 5.07. The van der Waals surface area contributed by atoms with Crippen LogP contribution in [0.25, 0.3) is 0 Å². The quantitative estimate of drug-likeness (QED) is 0.682. The van der Waals surface area contributed by atoms with Gasteiger partial charge in [0, 0.05) is 0 Å². The molecule has 0 saturated heterocycles. The Morgan fingerprint density at radius 2 is 2.15 bits per heavy atom. The molecule has 1 unspecified atom stereocenters. The maximum Gasteiger partial charge on any atom is 0.320 e. The molecule has 0 aromatic rings. The van der Waals surface area contributed by atoms with E-state index in [2.05, 4.69) is 5.32 Å². The summed E-state index contributed by atoms with van der Waals surface area (Å²) in [5, 5.41) is 12.0. The molecule has 1 aliphatic rings. The Labute approximate surface area is 79.5 Å². The number of rotatable bonds is 5. The molecule has 2 N–H and O–H groups in total. The third-order valence-corrected chi connectivity index (χ3v) is 2.78. The van der Waals surface area contributed by atoms with Gasteiger partial charge in [-0.15, -0.1) is 0 Å². The summed E-state index contributed by atoms with van der Waals surface area (Å²) in [5.41, 5.74) is 0. The van der Waals surface area contributed by atoms with Crippen LogP contribution in [0, 0.1) is 11.8 Å². The maximum absolute atomic E-state index is 10.8. The van der Waals surface area contributed by atoms with Crippen LogP contribution in [0.2, 0.25) is 0 Å². The van der Waals surface area contributed by atoms with E-state index in [0.717, 1.165) is 12.5 Å². The highest BCUT2D eigenvalue weighted by Crippen LogP contribution is 2.25. The summed E-state index contributed by atoms with van der Waals surface area (Å²) < 4.78 is 0. The second-order valence-corrected chi connectivity index (χ2v) is 4.27. The first-order valence-electron chi connectivity index (χ1n) is 5.07. The minimum absolute atomic E-state index is 0.164. The lowest BCUT2D eigenvalue weighted by molar-refractivity contribution is -0.140. The fraction of sp³-hybridized carbons (Fsp3) is 0.900. The molecule has 1 saturated carbocycles. The standard InChI is InChI=1S/C10H19NO2/c1-7(2)9(10(12)13)11-6-8-4-3-5-8/h7-9,11H,3-6H2,1-2H3,(H,12,13). The van der Waals surface area contributed by atoms with Crippen LogP contribution >= 0.6 is 0 Å². The van der Waals surface area contributed by atoms with Gasteiger partial charge in [0.1, 0.15) is 6.04 Å². The summed E-state index contributed by atoms with van der Waals surface area (Å²) in [5.74, 6) is 0.160. The summed E-state index contributed by atoms with van der Waals surface area (Å²) in [7, 11) is 0. The fourth-order valence-electron chi connectivity index (χ4n) is 1.60. The van der Waals surface area contributed by atoms with Gasteiger partial charge in [-0.25, -0.2) is 0 Å². The summed E-state index contributed by atoms with van der Waals surface area (Å²) >= 11 is 0. The monoisotopic (exact) mass is 185 g/mol. The first kappa shape index (κ1) is 10.5. The molecule has 0 aromatic heterocycles. The lowest BCUT2D eigenvalue weighted by Gasteiger charge is -2.28. The van der Waals surface area contributed by atoms with Gasteiger partial charge in [0.15, 0.2) is 0 Å². The van der Waals surface area contributed by atoms with E-state index in [1.165, 1.54) is 19.3 Å². The second-order valence-electron chi connectivity index (χ2n) is 4.27. The molecule has 13 heavy (non-hydrogen) atoms. The molecule has 1 aliphatic carbocycles. The molecule has 76 valence electrons. The molecule has 0 aromatic carbocycles. The number of hydrogen-bond acceptors (Lipinski definition) is 2. The van der Waals surface area contributed by atoms with E-state index >= 15 is 0 Å². The van der Waals surface area contributed by atoms with Crippen molar-refractivity contribution >= 4 is 5.97 Å². The Kier molecular flexibility index (Phi) is 3.72. The van der Waals surface area contributed by atoms with Gasteiger partial charge in [-0.1, -0.05) is 20.3 Å². The largest absolute Gasteiger partial charge is 0.480 e. The summed E-state index contributed by atoms with van der Waals surface area (Å²) in [4.78, 5) is 10.8. The number of hydrogen-bond donors (Lipinski definition) is 2. The lowest BCUT2D eigenvalue weighted by Crippen LogP contribution is -2.44. The predicted octanol–water partition coefficient (Wildman–Crippen LogP) is 1.49. The molecule has 1 rings (SSSR count). The molecular weight excluding hydrogens is 166 g/mol. The van der Waals surface area contributed by atoms with Crippen molar-refractivity contribution in [1.29, 1.82) is 0 Å². The first-order chi connectivity index (χ1) is 6.11. The number of carbonyl (C=O) groups is 1. The highest BCUT2D eigenvalue weighted by atomic mass is 16.4. The SMILES string of the molecule is CC(C)C(NCC1CCC1)C(=O)O. The highest BCUT2D eigenvalue weighted by Gasteiger charge is 2.24. The van der Waals surface area contributed by atoms with E-state index in [4.69, 9.17) is 5.11 Å². The minimum Gasteiger partial charge on any atom is -0.480 e. The summed E-state index contributed by atoms with van der Waals surface area (Å²) in [6.45, 7) is 4.74. The highest BCUT2D eigenvalue weighted by molar-refractivity contribution is 5.73. The van der Waals surface area contributed by atoms with Crippen molar-refractivity contribution < 1.29 is 9.90 Å². The van der Waals surface area contributed by atoms with E-state index in [9.17, 15) is 4.79 Å². The van der Waals surface area contributed by atoms with Gasteiger partial charge in [0.2, 0.25) is 0 Å². The van der Waals surface area contributed by atoms with E-state index in [0.29, 0.717) is 0 Å². The van der Waals surface area contributed by atoms with E-state index in [-0.39, 0.29) is 12.0 Å². The van der Waals surface area contributed by atoms with Crippen LogP contribution in [-0.4, -0.2) is 23.7 Å². The van der Waals surface area contributed by atoms with E-state index in [1.54, 1.807) is 0 Å². The van der Waals surface area contributed by atoms with Crippen molar-refractivity contribution in [2.24, 2.45) is 11.8 Å². The van der Waals surface area contributed by atoms with Gasteiger partial charge in [-0.3, -0.25) is 4.79 Å². The smallest absolute Gasteiger partial charge is 0.320 e. The number of carboxylic acid groups (broad SMARTS) is 1. The van der Waals surface area contributed by atoms with Crippen LogP contribution in [-0.2, 0) is 4.79 Å².